The lowest BCUT2D eigenvalue weighted by atomic mass is 10.1. The van der Waals surface area contributed by atoms with E-state index in [4.69, 9.17) is 15.9 Å². The van der Waals surface area contributed by atoms with Gasteiger partial charge in [0.25, 0.3) is 0 Å². The van der Waals surface area contributed by atoms with Gasteiger partial charge in [0.2, 0.25) is 5.91 Å². The minimum Gasteiger partial charge on any atom is -0.480 e. The molecule has 0 aromatic heterocycles. The Morgan fingerprint density at radius 1 is 1.40 bits per heavy atom. The van der Waals surface area contributed by atoms with E-state index >= 15 is 0 Å². The third kappa shape index (κ3) is 6.03. The summed E-state index contributed by atoms with van der Waals surface area (Å²) in [6.45, 7) is 1.82. The Bertz CT molecular complexity index is 218. The van der Waals surface area contributed by atoms with Crippen LogP contribution in [0.5, 0.6) is 0 Å². The highest BCUT2D eigenvalue weighted by molar-refractivity contribution is 5.83. The lowest BCUT2D eigenvalue weighted by molar-refractivity contribution is -0.144. The molecule has 0 heterocycles. The zero-order valence-corrected chi connectivity index (χ0v) is 8.77. The van der Waals surface area contributed by atoms with Crippen LogP contribution in [0.25, 0.3) is 0 Å². The van der Waals surface area contributed by atoms with Crippen LogP contribution in [0.1, 0.15) is 26.2 Å². The van der Waals surface area contributed by atoms with Gasteiger partial charge >= 0.3 is 5.97 Å². The van der Waals surface area contributed by atoms with Crippen molar-refractivity contribution < 1.29 is 19.8 Å². The molecule has 0 unspecified atom stereocenters. The van der Waals surface area contributed by atoms with Crippen LogP contribution in [0.3, 0.4) is 0 Å². The summed E-state index contributed by atoms with van der Waals surface area (Å²) < 4.78 is 0. The van der Waals surface area contributed by atoms with Crippen molar-refractivity contribution in [3.05, 3.63) is 0 Å². The molecule has 0 aromatic carbocycles. The highest BCUT2D eigenvalue weighted by atomic mass is 16.4. The monoisotopic (exact) mass is 218 g/mol. The molecule has 6 heteroatoms. The highest BCUT2D eigenvalue weighted by Gasteiger charge is 2.24. The summed E-state index contributed by atoms with van der Waals surface area (Å²) >= 11 is 0. The smallest absolute Gasteiger partial charge is 0.328 e. The van der Waals surface area contributed by atoms with Crippen molar-refractivity contribution >= 4 is 11.9 Å². The van der Waals surface area contributed by atoms with Crippen LogP contribution in [0.2, 0.25) is 0 Å². The zero-order chi connectivity index (χ0) is 11.8. The second-order valence-electron chi connectivity index (χ2n) is 3.37. The van der Waals surface area contributed by atoms with E-state index < -0.39 is 18.1 Å². The Labute approximate surface area is 88.5 Å². The number of carbonyl (C=O) groups is 2. The molecule has 0 rings (SSSR count). The normalized spacial score (nSPS) is 14.3. The highest BCUT2D eigenvalue weighted by Crippen LogP contribution is 1.97. The third-order valence-electron chi connectivity index (χ3n) is 1.92. The predicted octanol–water partition coefficient (Wildman–Crippen LogP) is -0.934. The van der Waals surface area contributed by atoms with Crippen molar-refractivity contribution in [2.45, 2.75) is 38.3 Å². The maximum absolute atomic E-state index is 11.2. The number of hydrogen-bond acceptors (Lipinski definition) is 4. The summed E-state index contributed by atoms with van der Waals surface area (Å²) in [5.74, 6) is -1.62. The molecule has 15 heavy (non-hydrogen) atoms. The molecule has 0 spiro atoms. The molecule has 0 radical (unpaired) electrons. The molecule has 0 saturated carbocycles. The van der Waals surface area contributed by atoms with Gasteiger partial charge < -0.3 is 21.3 Å². The Balaban J connectivity index is 3.95. The van der Waals surface area contributed by atoms with Gasteiger partial charge in [-0.15, -0.1) is 0 Å². The first kappa shape index (κ1) is 13.9. The van der Waals surface area contributed by atoms with Crippen LogP contribution in [0.15, 0.2) is 0 Å². The predicted molar refractivity (Wildman–Crippen MR) is 54.2 cm³/mol. The van der Waals surface area contributed by atoms with Gasteiger partial charge in [-0.2, -0.15) is 0 Å². The third-order valence-corrected chi connectivity index (χ3v) is 1.92. The maximum Gasteiger partial charge on any atom is 0.328 e. The van der Waals surface area contributed by atoms with E-state index in [0.29, 0.717) is 13.0 Å². The van der Waals surface area contributed by atoms with Gasteiger partial charge in [-0.3, -0.25) is 4.79 Å². The summed E-state index contributed by atoms with van der Waals surface area (Å²) in [6.07, 6.45) is 0.461. The van der Waals surface area contributed by atoms with Gasteiger partial charge in [0, 0.05) is 6.42 Å². The fourth-order valence-corrected chi connectivity index (χ4v) is 1.06. The van der Waals surface area contributed by atoms with Crippen molar-refractivity contribution in [3.8, 4) is 0 Å². The van der Waals surface area contributed by atoms with Gasteiger partial charge in [-0.1, -0.05) is 0 Å². The number of nitrogens with two attached hydrogens (primary N) is 1. The SMILES string of the molecule is C[C@@H](O)[C@H](NC(=O)CCCCN)C(=O)O. The number of nitrogens with one attached hydrogen (secondary N) is 1. The molecule has 0 bridgehead atoms. The van der Waals surface area contributed by atoms with E-state index in [0.717, 1.165) is 6.42 Å². The van der Waals surface area contributed by atoms with Gasteiger partial charge in [-0.25, -0.2) is 4.79 Å². The number of carboxylic acid groups (broad SMARTS) is 1. The number of aliphatic hydroxyl groups excluding tert-OH is 1. The number of rotatable bonds is 7. The van der Waals surface area contributed by atoms with Gasteiger partial charge in [0.15, 0.2) is 6.04 Å². The van der Waals surface area contributed by atoms with E-state index in [9.17, 15) is 9.59 Å². The van der Waals surface area contributed by atoms with Crippen molar-refractivity contribution in [2.24, 2.45) is 5.73 Å². The zero-order valence-electron chi connectivity index (χ0n) is 8.77. The molecule has 6 nitrogen and oxygen atoms in total. The Hall–Kier alpha value is -1.14. The number of carbonyl (C=O) groups excluding carboxylic acids is 1. The van der Waals surface area contributed by atoms with Crippen LogP contribution in [-0.2, 0) is 9.59 Å². The summed E-state index contributed by atoms with van der Waals surface area (Å²) in [7, 11) is 0. The number of aliphatic carboxylic acids is 1. The number of aliphatic hydroxyl groups is 1. The molecule has 5 N–H and O–H groups in total. The summed E-state index contributed by atoms with van der Waals surface area (Å²) in [5, 5.41) is 20.0. The molecule has 2 atom stereocenters. The lowest BCUT2D eigenvalue weighted by Gasteiger charge is -2.16. The summed E-state index contributed by atoms with van der Waals surface area (Å²) in [6, 6.07) is -1.24. The Morgan fingerprint density at radius 2 is 2.00 bits per heavy atom. The fourth-order valence-electron chi connectivity index (χ4n) is 1.06. The topological polar surface area (TPSA) is 113 Å². The minimum absolute atomic E-state index is 0.230. The van der Waals surface area contributed by atoms with Crippen LogP contribution in [-0.4, -0.2) is 40.8 Å². The minimum atomic E-state index is -1.24. The van der Waals surface area contributed by atoms with Gasteiger partial charge in [-0.05, 0) is 26.3 Å². The number of amides is 1. The van der Waals surface area contributed by atoms with E-state index in [1.807, 2.05) is 0 Å². The molecule has 0 aliphatic carbocycles. The number of hydrogen-bond donors (Lipinski definition) is 4. The van der Waals surface area contributed by atoms with Crippen LogP contribution < -0.4 is 11.1 Å². The summed E-state index contributed by atoms with van der Waals surface area (Å²) in [4.78, 5) is 21.8. The second kappa shape index (κ2) is 7.19. The molecule has 0 fully saturated rings. The standard InChI is InChI=1S/C9H18N2O4/c1-6(12)8(9(14)15)11-7(13)4-2-3-5-10/h6,8,12H,2-5,10H2,1H3,(H,11,13)(H,14,15)/t6-,8+/m1/s1. The Kier molecular flexibility index (Phi) is 6.64. The summed E-state index contributed by atoms with van der Waals surface area (Å²) in [5.41, 5.74) is 5.25. The maximum atomic E-state index is 11.2. The van der Waals surface area contributed by atoms with Crippen LogP contribution in [0.4, 0.5) is 0 Å². The fraction of sp³-hybridized carbons (Fsp3) is 0.778. The first-order valence-corrected chi connectivity index (χ1v) is 4.89. The molecule has 88 valence electrons. The second-order valence-corrected chi connectivity index (χ2v) is 3.37. The molecule has 0 aromatic rings. The van der Waals surface area contributed by atoms with E-state index in [-0.39, 0.29) is 12.3 Å². The van der Waals surface area contributed by atoms with E-state index in [2.05, 4.69) is 5.32 Å². The van der Waals surface area contributed by atoms with Gasteiger partial charge in [0.05, 0.1) is 6.10 Å². The quantitative estimate of drug-likeness (QED) is 0.412. The molecular weight excluding hydrogens is 200 g/mol. The lowest BCUT2D eigenvalue weighted by Crippen LogP contribution is -2.47. The van der Waals surface area contributed by atoms with E-state index in [1.54, 1.807) is 0 Å². The molecular formula is C9H18N2O4. The van der Waals surface area contributed by atoms with E-state index in [1.165, 1.54) is 6.92 Å². The van der Waals surface area contributed by atoms with Crippen molar-refractivity contribution in [1.29, 1.82) is 0 Å². The Morgan fingerprint density at radius 3 is 2.40 bits per heavy atom. The van der Waals surface area contributed by atoms with Gasteiger partial charge in [0.1, 0.15) is 0 Å². The largest absolute Gasteiger partial charge is 0.480 e. The van der Waals surface area contributed by atoms with Crippen LogP contribution in [0, 0.1) is 0 Å². The first-order chi connectivity index (χ1) is 6.99. The number of carboxylic acids is 1. The average molecular weight is 218 g/mol. The average Bonchev–Trinajstić information content (AvgIpc) is 2.13. The molecule has 0 aliphatic heterocycles. The molecule has 1 amide bonds. The molecule has 0 aliphatic rings. The van der Waals surface area contributed by atoms with Crippen molar-refractivity contribution in [2.75, 3.05) is 6.54 Å². The van der Waals surface area contributed by atoms with Crippen molar-refractivity contribution in [1.82, 2.24) is 5.32 Å². The number of unbranched alkanes of at least 4 members (excludes halogenated alkanes) is 1. The van der Waals surface area contributed by atoms with Crippen molar-refractivity contribution in [3.63, 3.8) is 0 Å². The first-order valence-electron chi connectivity index (χ1n) is 4.89. The molecule has 0 saturated heterocycles. The van der Waals surface area contributed by atoms with Crippen LogP contribution >= 0.6 is 0 Å².